The van der Waals surface area contributed by atoms with Gasteiger partial charge in [-0.05, 0) is 13.8 Å². The van der Waals surface area contributed by atoms with Crippen LogP contribution >= 0.6 is 11.6 Å². The Bertz CT molecular complexity index is 695. The molecule has 2 aromatic rings. The topological polar surface area (TPSA) is 108 Å². The Morgan fingerprint density at radius 1 is 1.50 bits per heavy atom. The minimum absolute atomic E-state index is 0.0819. The molecule has 0 spiro atoms. The molecule has 2 heterocycles. The zero-order chi connectivity index (χ0) is 16.3. The lowest BCUT2D eigenvalue weighted by atomic mass is 10.3. The first kappa shape index (κ1) is 16.0. The Labute approximate surface area is 131 Å². The van der Waals surface area contributed by atoms with E-state index < -0.39 is 11.0 Å². The van der Waals surface area contributed by atoms with Crippen LogP contribution in [0.1, 0.15) is 18.7 Å². The molecule has 0 aliphatic heterocycles. The maximum Gasteiger partial charge on any atom is 0.306 e. The fourth-order valence-corrected chi connectivity index (χ4v) is 2.04. The largest absolute Gasteiger partial charge is 0.352 e. The molecule has 0 saturated heterocycles. The van der Waals surface area contributed by atoms with Crippen LogP contribution in [0.5, 0.6) is 0 Å². The Morgan fingerprint density at radius 3 is 2.77 bits per heavy atom. The lowest BCUT2D eigenvalue weighted by Crippen LogP contribution is -2.34. The number of halogens is 1. The van der Waals surface area contributed by atoms with Crippen LogP contribution in [0.3, 0.4) is 0 Å². The van der Waals surface area contributed by atoms with E-state index in [0.717, 1.165) is 0 Å². The number of hydrogen-bond donors (Lipinski definition) is 1. The van der Waals surface area contributed by atoms with Crippen LogP contribution in [-0.4, -0.2) is 36.9 Å². The summed E-state index contributed by atoms with van der Waals surface area (Å²) in [4.78, 5) is 22.1. The smallest absolute Gasteiger partial charge is 0.306 e. The highest BCUT2D eigenvalue weighted by molar-refractivity contribution is 6.31. The molecule has 1 amide bonds. The summed E-state index contributed by atoms with van der Waals surface area (Å²) in [5, 5.41) is 21.7. The molecule has 0 saturated carbocycles. The van der Waals surface area contributed by atoms with Gasteiger partial charge >= 0.3 is 5.69 Å². The van der Waals surface area contributed by atoms with E-state index in [2.05, 4.69) is 15.5 Å². The second kappa shape index (κ2) is 6.56. The number of carbonyl (C=O) groups excluding carboxylic acids is 1. The molecular weight excluding hydrogens is 312 g/mol. The predicted octanol–water partition coefficient (Wildman–Crippen LogP) is 1.33. The Kier molecular flexibility index (Phi) is 4.76. The molecule has 0 aliphatic rings. The quantitative estimate of drug-likeness (QED) is 0.636. The number of carbonyl (C=O) groups is 1. The number of hydrogen-bond acceptors (Lipinski definition) is 5. The first-order valence-corrected chi connectivity index (χ1v) is 6.92. The van der Waals surface area contributed by atoms with Gasteiger partial charge in [0.25, 0.3) is 0 Å². The molecule has 2 rings (SSSR count). The summed E-state index contributed by atoms with van der Waals surface area (Å²) in [7, 11) is 0. The summed E-state index contributed by atoms with van der Waals surface area (Å²) in [5.41, 5.74) is 0.633. The van der Waals surface area contributed by atoms with Crippen LogP contribution < -0.4 is 5.32 Å². The van der Waals surface area contributed by atoms with Gasteiger partial charge in [0.1, 0.15) is 18.4 Å². The zero-order valence-corrected chi connectivity index (χ0v) is 12.8. The number of nitrogens with one attached hydrogen (secondary N) is 1. The molecule has 10 heteroatoms. The first-order valence-electron chi connectivity index (χ1n) is 6.54. The highest BCUT2D eigenvalue weighted by Gasteiger charge is 2.18. The van der Waals surface area contributed by atoms with Gasteiger partial charge in [0.2, 0.25) is 5.91 Å². The van der Waals surface area contributed by atoms with E-state index >= 15 is 0 Å². The van der Waals surface area contributed by atoms with E-state index in [-0.39, 0.29) is 11.6 Å². The molecule has 2 aromatic heterocycles. The summed E-state index contributed by atoms with van der Waals surface area (Å²) in [6, 6.07) is -0.501. The third-order valence-electron chi connectivity index (χ3n) is 3.20. The lowest BCUT2D eigenvalue weighted by molar-refractivity contribution is -0.385. The highest BCUT2D eigenvalue weighted by Crippen LogP contribution is 2.17. The molecule has 1 N–H and O–H groups in total. The average Bonchev–Trinajstić information content (AvgIpc) is 3.07. The summed E-state index contributed by atoms with van der Waals surface area (Å²) in [6.07, 6.45) is 3.97. The van der Waals surface area contributed by atoms with Crippen molar-refractivity contribution in [3.05, 3.63) is 39.4 Å². The van der Waals surface area contributed by atoms with Gasteiger partial charge in [0, 0.05) is 6.54 Å². The van der Waals surface area contributed by atoms with Crippen LogP contribution in [0, 0.1) is 17.0 Å². The normalized spacial score (nSPS) is 12.1. The number of nitrogens with zero attached hydrogens (tertiary/aromatic N) is 5. The predicted molar refractivity (Wildman–Crippen MR) is 78.6 cm³/mol. The Morgan fingerprint density at radius 2 is 2.23 bits per heavy atom. The van der Waals surface area contributed by atoms with Crippen LogP contribution in [0.4, 0.5) is 5.69 Å². The minimum atomic E-state index is -0.519. The first-order chi connectivity index (χ1) is 10.4. The molecule has 22 heavy (non-hydrogen) atoms. The summed E-state index contributed by atoms with van der Waals surface area (Å²) < 4.78 is 2.94. The SMILES string of the molecule is Cc1c(Cl)cnn1[C@H](C)C(=O)NCCn1cc([N+](=O)[O-])cn1. The zero-order valence-electron chi connectivity index (χ0n) is 12.1. The molecule has 0 unspecified atom stereocenters. The van der Waals surface area contributed by atoms with E-state index in [4.69, 9.17) is 11.6 Å². The van der Waals surface area contributed by atoms with Gasteiger partial charge in [-0.15, -0.1) is 0 Å². The molecule has 0 fully saturated rings. The molecule has 0 aliphatic carbocycles. The van der Waals surface area contributed by atoms with Gasteiger partial charge in [0.05, 0.1) is 28.4 Å². The van der Waals surface area contributed by atoms with Crippen LogP contribution in [0.2, 0.25) is 5.02 Å². The van der Waals surface area contributed by atoms with E-state index in [1.807, 2.05) is 0 Å². The molecular formula is C12H15ClN6O3. The maximum atomic E-state index is 12.1. The molecule has 0 bridgehead atoms. The number of amides is 1. The van der Waals surface area contributed by atoms with E-state index in [1.165, 1.54) is 28.0 Å². The molecule has 9 nitrogen and oxygen atoms in total. The summed E-state index contributed by atoms with van der Waals surface area (Å²) in [5.74, 6) is -0.218. The molecule has 0 aromatic carbocycles. The number of nitro groups is 1. The van der Waals surface area contributed by atoms with Crippen molar-refractivity contribution in [2.75, 3.05) is 6.54 Å². The maximum absolute atomic E-state index is 12.1. The van der Waals surface area contributed by atoms with Gasteiger partial charge in [-0.1, -0.05) is 11.6 Å². The van der Waals surface area contributed by atoms with Crippen LogP contribution in [0.25, 0.3) is 0 Å². The van der Waals surface area contributed by atoms with Crippen molar-refractivity contribution < 1.29 is 9.72 Å². The van der Waals surface area contributed by atoms with Crippen molar-refractivity contribution in [2.24, 2.45) is 0 Å². The van der Waals surface area contributed by atoms with Crippen molar-refractivity contribution in [3.63, 3.8) is 0 Å². The minimum Gasteiger partial charge on any atom is -0.352 e. The fraction of sp³-hybridized carbons (Fsp3) is 0.417. The Balaban J connectivity index is 1.87. The molecule has 1 atom stereocenters. The van der Waals surface area contributed by atoms with Crippen molar-refractivity contribution >= 4 is 23.2 Å². The second-order valence-electron chi connectivity index (χ2n) is 4.71. The van der Waals surface area contributed by atoms with Gasteiger partial charge in [0.15, 0.2) is 0 Å². The van der Waals surface area contributed by atoms with Crippen molar-refractivity contribution in [1.29, 1.82) is 0 Å². The van der Waals surface area contributed by atoms with Crippen molar-refractivity contribution in [1.82, 2.24) is 24.9 Å². The Hall–Kier alpha value is -2.42. The fourth-order valence-electron chi connectivity index (χ4n) is 1.91. The lowest BCUT2D eigenvalue weighted by Gasteiger charge is -2.14. The third kappa shape index (κ3) is 3.42. The molecule has 0 radical (unpaired) electrons. The second-order valence-corrected chi connectivity index (χ2v) is 5.12. The van der Waals surface area contributed by atoms with E-state index in [0.29, 0.717) is 23.8 Å². The van der Waals surface area contributed by atoms with Gasteiger partial charge in [-0.2, -0.15) is 10.2 Å². The third-order valence-corrected chi connectivity index (χ3v) is 3.57. The molecule has 118 valence electrons. The van der Waals surface area contributed by atoms with E-state index in [9.17, 15) is 14.9 Å². The average molecular weight is 327 g/mol. The monoisotopic (exact) mass is 326 g/mol. The number of aromatic nitrogens is 4. The van der Waals surface area contributed by atoms with Crippen molar-refractivity contribution in [2.45, 2.75) is 26.4 Å². The van der Waals surface area contributed by atoms with Gasteiger partial charge in [-0.25, -0.2) is 0 Å². The van der Waals surface area contributed by atoms with Crippen LogP contribution in [0.15, 0.2) is 18.6 Å². The highest BCUT2D eigenvalue weighted by atomic mass is 35.5. The van der Waals surface area contributed by atoms with E-state index in [1.54, 1.807) is 13.8 Å². The van der Waals surface area contributed by atoms with Gasteiger partial charge in [-0.3, -0.25) is 24.3 Å². The summed E-state index contributed by atoms with van der Waals surface area (Å²) >= 11 is 5.91. The van der Waals surface area contributed by atoms with Crippen LogP contribution in [-0.2, 0) is 11.3 Å². The van der Waals surface area contributed by atoms with Gasteiger partial charge < -0.3 is 5.32 Å². The standard InChI is InChI=1S/C12H15ClN6O3/c1-8-11(13)6-16-18(8)9(2)12(20)14-3-4-17-7-10(5-15-17)19(21)22/h5-7,9H,3-4H2,1-2H3,(H,14,20)/t9-/m1/s1. The summed E-state index contributed by atoms with van der Waals surface area (Å²) in [6.45, 7) is 4.13. The van der Waals surface area contributed by atoms with Crippen molar-refractivity contribution in [3.8, 4) is 0 Å². The number of rotatable bonds is 6.